The van der Waals surface area contributed by atoms with Gasteiger partial charge in [-0.05, 0) is 61.9 Å². The smallest absolute Gasteiger partial charge is 0.0548 e. The number of aryl methyl sites for hydroxylation is 2. The van der Waals surface area contributed by atoms with Crippen LogP contribution < -0.4 is 5.32 Å². The highest BCUT2D eigenvalue weighted by Gasteiger charge is 2.15. The summed E-state index contributed by atoms with van der Waals surface area (Å²) in [7, 11) is 0.846. The zero-order chi connectivity index (χ0) is 15.4. The van der Waals surface area contributed by atoms with Crippen LogP contribution in [0.5, 0.6) is 0 Å². The summed E-state index contributed by atoms with van der Waals surface area (Å²) in [6.07, 6.45) is 0. The molecule has 112 valence electrons. The lowest BCUT2D eigenvalue weighted by Crippen LogP contribution is -2.23. The highest BCUT2D eigenvalue weighted by molar-refractivity contribution is 7.85. The molecule has 0 aliphatic carbocycles. The maximum absolute atomic E-state index is 12.5. The number of halogens is 1. The molecule has 0 saturated heterocycles. The molecule has 2 nitrogen and oxygen atoms in total. The second-order valence-electron chi connectivity index (χ2n) is 5.15. The third-order valence-electron chi connectivity index (χ3n) is 3.68. The number of rotatable bonds is 5. The van der Waals surface area contributed by atoms with Gasteiger partial charge in [-0.1, -0.05) is 29.8 Å². The Morgan fingerprint density at radius 1 is 1.10 bits per heavy atom. The van der Waals surface area contributed by atoms with Crippen molar-refractivity contribution in [2.45, 2.75) is 24.8 Å². The molecular formula is C17H20ClNOS. The van der Waals surface area contributed by atoms with Gasteiger partial charge in [-0.2, -0.15) is 0 Å². The molecule has 4 heteroatoms. The van der Waals surface area contributed by atoms with E-state index in [1.165, 1.54) is 16.7 Å². The number of nitrogens with one attached hydrogen (secondary N) is 1. The second-order valence-corrected chi connectivity index (χ2v) is 7.08. The SMILES string of the molecule is CNC(CS(=O)c1ccc(Cl)cc1)c1ccc(C)c(C)c1. The first kappa shape index (κ1) is 16.2. The molecule has 2 aromatic rings. The van der Waals surface area contributed by atoms with Crippen LogP contribution in [0.2, 0.25) is 5.02 Å². The quantitative estimate of drug-likeness (QED) is 0.901. The molecule has 0 aromatic heterocycles. The van der Waals surface area contributed by atoms with Crippen LogP contribution in [0.3, 0.4) is 0 Å². The van der Waals surface area contributed by atoms with Crippen LogP contribution in [0.25, 0.3) is 0 Å². The van der Waals surface area contributed by atoms with Gasteiger partial charge >= 0.3 is 0 Å². The van der Waals surface area contributed by atoms with E-state index in [0.717, 1.165) is 4.90 Å². The predicted octanol–water partition coefficient (Wildman–Crippen LogP) is 4.03. The fraction of sp³-hybridized carbons (Fsp3) is 0.294. The predicted molar refractivity (Wildman–Crippen MR) is 90.4 cm³/mol. The van der Waals surface area contributed by atoms with Gasteiger partial charge in [0.1, 0.15) is 0 Å². The zero-order valence-electron chi connectivity index (χ0n) is 12.5. The first-order chi connectivity index (χ1) is 10.0. The van der Waals surface area contributed by atoms with E-state index in [-0.39, 0.29) is 6.04 Å². The molecule has 2 unspecified atom stereocenters. The van der Waals surface area contributed by atoms with E-state index in [2.05, 4.69) is 37.4 Å². The van der Waals surface area contributed by atoms with Crippen molar-refractivity contribution in [2.75, 3.05) is 12.8 Å². The van der Waals surface area contributed by atoms with Crippen molar-refractivity contribution >= 4 is 22.4 Å². The number of benzene rings is 2. The molecule has 0 bridgehead atoms. The summed E-state index contributed by atoms with van der Waals surface area (Å²) < 4.78 is 12.5. The minimum atomic E-state index is -1.06. The second kappa shape index (κ2) is 7.21. The van der Waals surface area contributed by atoms with Crippen LogP contribution in [0.1, 0.15) is 22.7 Å². The van der Waals surface area contributed by atoms with Gasteiger partial charge in [0.2, 0.25) is 0 Å². The lowest BCUT2D eigenvalue weighted by molar-refractivity contribution is 0.635. The Hall–Kier alpha value is -1.16. The van der Waals surface area contributed by atoms with Gasteiger partial charge in [0.05, 0.1) is 10.8 Å². The van der Waals surface area contributed by atoms with Gasteiger partial charge in [0.15, 0.2) is 0 Å². The van der Waals surface area contributed by atoms with Gasteiger partial charge in [0, 0.05) is 21.7 Å². The molecule has 2 atom stereocenters. The van der Waals surface area contributed by atoms with Crippen LogP contribution >= 0.6 is 11.6 Å². The summed E-state index contributed by atoms with van der Waals surface area (Å²) >= 11 is 5.87. The van der Waals surface area contributed by atoms with Crippen LogP contribution in [-0.2, 0) is 10.8 Å². The summed E-state index contributed by atoms with van der Waals surface area (Å²) in [5, 5.41) is 3.92. The highest BCUT2D eigenvalue weighted by atomic mass is 35.5. The lowest BCUT2D eigenvalue weighted by atomic mass is 10.0. The van der Waals surface area contributed by atoms with Crippen molar-refractivity contribution in [1.82, 2.24) is 5.32 Å². The summed E-state index contributed by atoms with van der Waals surface area (Å²) in [5.41, 5.74) is 3.69. The Balaban J connectivity index is 2.16. The normalized spacial score (nSPS) is 13.9. The van der Waals surface area contributed by atoms with Crippen LogP contribution in [-0.4, -0.2) is 17.0 Å². The molecule has 0 radical (unpaired) electrons. The van der Waals surface area contributed by atoms with E-state index in [1.807, 2.05) is 19.2 Å². The molecule has 0 aliphatic rings. The molecule has 2 rings (SSSR count). The standard InChI is InChI=1S/C17H20ClNOS/c1-12-4-5-14(10-13(12)2)17(19-3)11-21(20)16-8-6-15(18)7-9-16/h4-10,17,19H,11H2,1-3H3. The molecular weight excluding hydrogens is 302 g/mol. The fourth-order valence-corrected chi connectivity index (χ4v) is 3.58. The molecule has 21 heavy (non-hydrogen) atoms. The largest absolute Gasteiger partial charge is 0.312 e. The fourth-order valence-electron chi connectivity index (χ4n) is 2.16. The average molecular weight is 322 g/mol. The van der Waals surface area contributed by atoms with Crippen molar-refractivity contribution in [3.8, 4) is 0 Å². The Morgan fingerprint density at radius 2 is 1.76 bits per heavy atom. The minimum Gasteiger partial charge on any atom is -0.312 e. The molecule has 0 spiro atoms. The van der Waals surface area contributed by atoms with Crippen molar-refractivity contribution in [1.29, 1.82) is 0 Å². The maximum atomic E-state index is 12.5. The van der Waals surface area contributed by atoms with Crippen LogP contribution in [0.15, 0.2) is 47.4 Å². The van der Waals surface area contributed by atoms with Gasteiger partial charge in [-0.25, -0.2) is 0 Å². The topological polar surface area (TPSA) is 29.1 Å². The van der Waals surface area contributed by atoms with E-state index in [0.29, 0.717) is 10.8 Å². The Kier molecular flexibility index (Phi) is 5.57. The third kappa shape index (κ3) is 4.16. The molecule has 0 aliphatic heterocycles. The van der Waals surface area contributed by atoms with Crippen molar-refractivity contribution in [3.63, 3.8) is 0 Å². The monoisotopic (exact) mass is 321 g/mol. The molecule has 2 aromatic carbocycles. The first-order valence-electron chi connectivity index (χ1n) is 6.89. The van der Waals surface area contributed by atoms with Crippen molar-refractivity contribution in [2.24, 2.45) is 0 Å². The summed E-state index contributed by atoms with van der Waals surface area (Å²) in [5.74, 6) is 0.542. The number of hydrogen-bond donors (Lipinski definition) is 1. The lowest BCUT2D eigenvalue weighted by Gasteiger charge is -2.17. The number of hydrogen-bond acceptors (Lipinski definition) is 2. The Morgan fingerprint density at radius 3 is 2.33 bits per heavy atom. The molecule has 0 fully saturated rings. The van der Waals surface area contributed by atoms with E-state index in [9.17, 15) is 4.21 Å². The maximum Gasteiger partial charge on any atom is 0.0548 e. The Labute approximate surface area is 134 Å². The summed E-state index contributed by atoms with van der Waals surface area (Å²) in [4.78, 5) is 0.809. The first-order valence-corrected chi connectivity index (χ1v) is 8.59. The van der Waals surface area contributed by atoms with E-state index >= 15 is 0 Å². The highest BCUT2D eigenvalue weighted by Crippen LogP contribution is 2.21. The van der Waals surface area contributed by atoms with Crippen LogP contribution in [0, 0.1) is 13.8 Å². The summed E-state index contributed by atoms with van der Waals surface area (Å²) in [6, 6.07) is 13.6. The van der Waals surface area contributed by atoms with Gasteiger partial charge in [0.25, 0.3) is 0 Å². The van der Waals surface area contributed by atoms with Crippen molar-refractivity contribution in [3.05, 3.63) is 64.2 Å². The Bertz CT molecular complexity index is 640. The van der Waals surface area contributed by atoms with Gasteiger partial charge < -0.3 is 5.32 Å². The van der Waals surface area contributed by atoms with Crippen molar-refractivity contribution < 1.29 is 4.21 Å². The third-order valence-corrected chi connectivity index (χ3v) is 5.36. The van der Waals surface area contributed by atoms with Gasteiger partial charge in [-0.3, -0.25) is 4.21 Å². The van der Waals surface area contributed by atoms with E-state index in [1.54, 1.807) is 12.1 Å². The van der Waals surface area contributed by atoms with Crippen LogP contribution in [0.4, 0.5) is 0 Å². The minimum absolute atomic E-state index is 0.0702. The molecule has 0 amide bonds. The summed E-state index contributed by atoms with van der Waals surface area (Å²) in [6.45, 7) is 4.20. The molecule has 0 heterocycles. The zero-order valence-corrected chi connectivity index (χ0v) is 14.1. The van der Waals surface area contributed by atoms with E-state index in [4.69, 9.17) is 11.6 Å². The molecule has 1 N–H and O–H groups in total. The molecule has 0 saturated carbocycles. The van der Waals surface area contributed by atoms with E-state index < -0.39 is 10.8 Å². The van der Waals surface area contributed by atoms with Gasteiger partial charge in [-0.15, -0.1) is 0 Å². The average Bonchev–Trinajstić information content (AvgIpc) is 2.48.